The summed E-state index contributed by atoms with van der Waals surface area (Å²) >= 11 is 11.4. The summed E-state index contributed by atoms with van der Waals surface area (Å²) in [5, 5.41) is 12.0. The first-order valence-electron chi connectivity index (χ1n) is 5.07. The number of carbonyl (C=O) groups is 1. The van der Waals surface area contributed by atoms with E-state index in [2.05, 4.69) is 10.3 Å². The van der Waals surface area contributed by atoms with E-state index in [-0.39, 0.29) is 33.8 Å². The van der Waals surface area contributed by atoms with Crippen molar-refractivity contribution in [2.75, 3.05) is 13.2 Å². The highest BCUT2D eigenvalue weighted by atomic mass is 35.5. The van der Waals surface area contributed by atoms with E-state index in [0.717, 1.165) is 0 Å². The Morgan fingerprint density at radius 1 is 1.47 bits per heavy atom. The maximum absolute atomic E-state index is 11.8. The highest BCUT2D eigenvalue weighted by Gasteiger charge is 2.19. The molecular weight excluding hydrogens is 263 g/mol. The summed E-state index contributed by atoms with van der Waals surface area (Å²) in [6.45, 7) is 4.02. The van der Waals surface area contributed by atoms with Gasteiger partial charge in [0.25, 0.3) is 5.91 Å². The van der Waals surface area contributed by atoms with Crippen LogP contribution in [0.25, 0.3) is 0 Å². The number of amides is 1. The maximum Gasteiger partial charge on any atom is 0.254 e. The fourth-order valence-electron chi connectivity index (χ4n) is 1.05. The van der Waals surface area contributed by atoms with Crippen LogP contribution < -0.4 is 5.32 Å². The molecule has 0 saturated heterocycles. The summed E-state index contributed by atoms with van der Waals surface area (Å²) < 4.78 is 0. The number of halogens is 2. The number of carbonyl (C=O) groups excluding carboxylic acids is 1. The Morgan fingerprint density at radius 3 is 2.65 bits per heavy atom. The minimum atomic E-state index is -0.373. The van der Waals surface area contributed by atoms with Gasteiger partial charge in [-0.1, -0.05) is 37.0 Å². The third-order valence-corrected chi connectivity index (χ3v) is 2.71. The van der Waals surface area contributed by atoms with Gasteiger partial charge >= 0.3 is 0 Å². The van der Waals surface area contributed by atoms with E-state index >= 15 is 0 Å². The average molecular weight is 277 g/mol. The van der Waals surface area contributed by atoms with Crippen molar-refractivity contribution in [3.8, 4) is 0 Å². The second kappa shape index (κ2) is 5.67. The molecule has 0 aromatic carbocycles. The average Bonchev–Trinajstić information content (AvgIpc) is 2.26. The molecule has 6 heteroatoms. The fourth-order valence-corrected chi connectivity index (χ4v) is 1.48. The molecule has 0 aliphatic carbocycles. The van der Waals surface area contributed by atoms with Crippen LogP contribution in [0.2, 0.25) is 10.3 Å². The minimum Gasteiger partial charge on any atom is -0.396 e. The fraction of sp³-hybridized carbons (Fsp3) is 0.455. The van der Waals surface area contributed by atoms with Crippen LogP contribution in [-0.4, -0.2) is 29.1 Å². The topological polar surface area (TPSA) is 62.2 Å². The Morgan fingerprint density at radius 2 is 2.12 bits per heavy atom. The van der Waals surface area contributed by atoms with Gasteiger partial charge in [0.05, 0.1) is 5.56 Å². The summed E-state index contributed by atoms with van der Waals surface area (Å²) in [6.07, 6.45) is 0. The highest BCUT2D eigenvalue weighted by molar-refractivity contribution is 6.34. The molecule has 1 rings (SSSR count). The van der Waals surface area contributed by atoms with Crippen molar-refractivity contribution in [1.82, 2.24) is 10.3 Å². The summed E-state index contributed by atoms with van der Waals surface area (Å²) in [7, 11) is 0. The molecule has 0 aliphatic rings. The smallest absolute Gasteiger partial charge is 0.254 e. The number of pyridine rings is 1. The van der Waals surface area contributed by atoms with Crippen molar-refractivity contribution < 1.29 is 9.90 Å². The Bertz CT molecular complexity index is 422. The van der Waals surface area contributed by atoms with Crippen LogP contribution in [0.5, 0.6) is 0 Å². The van der Waals surface area contributed by atoms with E-state index in [4.69, 9.17) is 28.3 Å². The first-order chi connectivity index (χ1) is 7.85. The number of nitrogens with zero attached hydrogens (tertiary/aromatic N) is 1. The van der Waals surface area contributed by atoms with E-state index in [1.807, 2.05) is 13.8 Å². The molecule has 0 saturated carbocycles. The summed E-state index contributed by atoms with van der Waals surface area (Å²) in [6, 6.07) is 3.01. The number of aliphatic hydroxyl groups excluding tert-OH is 1. The zero-order valence-electron chi connectivity index (χ0n) is 9.63. The summed E-state index contributed by atoms with van der Waals surface area (Å²) in [5.74, 6) is -0.333. The van der Waals surface area contributed by atoms with Crippen molar-refractivity contribution in [2.24, 2.45) is 5.41 Å². The van der Waals surface area contributed by atoms with Crippen LogP contribution in [0.1, 0.15) is 24.2 Å². The lowest BCUT2D eigenvalue weighted by Gasteiger charge is -2.21. The van der Waals surface area contributed by atoms with E-state index < -0.39 is 0 Å². The summed E-state index contributed by atoms with van der Waals surface area (Å²) in [4.78, 5) is 15.6. The number of hydrogen-bond donors (Lipinski definition) is 2. The van der Waals surface area contributed by atoms with Gasteiger partial charge in [-0.25, -0.2) is 4.98 Å². The Labute approximate surface area is 110 Å². The zero-order valence-corrected chi connectivity index (χ0v) is 11.1. The molecule has 0 fully saturated rings. The lowest BCUT2D eigenvalue weighted by molar-refractivity contribution is 0.0911. The Kier molecular flexibility index (Phi) is 4.74. The van der Waals surface area contributed by atoms with Gasteiger partial charge in [0.1, 0.15) is 10.3 Å². The van der Waals surface area contributed by atoms with Crippen LogP contribution in [0.4, 0.5) is 0 Å². The summed E-state index contributed by atoms with van der Waals surface area (Å²) in [5.41, 5.74) is -0.105. The van der Waals surface area contributed by atoms with Crippen molar-refractivity contribution in [2.45, 2.75) is 13.8 Å². The molecule has 17 heavy (non-hydrogen) atoms. The molecule has 0 spiro atoms. The van der Waals surface area contributed by atoms with Crippen LogP contribution in [0, 0.1) is 5.41 Å². The van der Waals surface area contributed by atoms with Gasteiger partial charge in [-0.3, -0.25) is 4.79 Å². The number of aromatic nitrogens is 1. The predicted octanol–water partition coefficient (Wildman–Crippen LogP) is 2.14. The third kappa shape index (κ3) is 4.15. The van der Waals surface area contributed by atoms with Crippen molar-refractivity contribution in [1.29, 1.82) is 0 Å². The lowest BCUT2D eigenvalue weighted by Crippen LogP contribution is -2.36. The molecule has 1 amide bonds. The lowest BCUT2D eigenvalue weighted by atomic mass is 9.95. The molecule has 2 N–H and O–H groups in total. The quantitative estimate of drug-likeness (QED) is 0.829. The molecule has 0 unspecified atom stereocenters. The first kappa shape index (κ1) is 14.2. The molecule has 1 aromatic rings. The molecule has 0 bridgehead atoms. The maximum atomic E-state index is 11.8. The largest absolute Gasteiger partial charge is 0.396 e. The van der Waals surface area contributed by atoms with Gasteiger partial charge in [0, 0.05) is 18.6 Å². The van der Waals surface area contributed by atoms with E-state index in [9.17, 15) is 4.79 Å². The molecule has 0 aliphatic heterocycles. The standard InChI is InChI=1S/C11H14Cl2N2O2/c1-11(2,6-16)5-14-10(17)7-3-4-8(12)15-9(7)13/h3-4,16H,5-6H2,1-2H3,(H,14,17). The third-order valence-electron chi connectivity index (χ3n) is 2.21. The number of hydrogen-bond acceptors (Lipinski definition) is 3. The van der Waals surface area contributed by atoms with Crippen LogP contribution in [0.3, 0.4) is 0 Å². The zero-order chi connectivity index (χ0) is 13.1. The second-order valence-corrected chi connectivity index (χ2v) is 5.22. The van der Waals surface area contributed by atoms with Gasteiger partial charge < -0.3 is 10.4 Å². The molecular formula is C11H14Cl2N2O2. The monoisotopic (exact) mass is 276 g/mol. The van der Waals surface area contributed by atoms with Gasteiger partial charge in [-0.15, -0.1) is 0 Å². The highest BCUT2D eigenvalue weighted by Crippen LogP contribution is 2.17. The van der Waals surface area contributed by atoms with Crippen molar-refractivity contribution >= 4 is 29.1 Å². The van der Waals surface area contributed by atoms with Gasteiger partial charge in [-0.2, -0.15) is 0 Å². The molecule has 1 aromatic heterocycles. The predicted molar refractivity (Wildman–Crippen MR) is 67.5 cm³/mol. The first-order valence-corrected chi connectivity index (χ1v) is 5.82. The molecule has 0 radical (unpaired) electrons. The SMILES string of the molecule is CC(C)(CO)CNC(=O)c1ccc(Cl)nc1Cl. The van der Waals surface area contributed by atoms with Crippen LogP contribution in [0.15, 0.2) is 12.1 Å². The van der Waals surface area contributed by atoms with E-state index in [1.165, 1.54) is 12.1 Å². The number of aliphatic hydroxyl groups is 1. The molecule has 4 nitrogen and oxygen atoms in total. The van der Waals surface area contributed by atoms with Gasteiger partial charge in [0.15, 0.2) is 0 Å². The van der Waals surface area contributed by atoms with E-state index in [0.29, 0.717) is 6.54 Å². The van der Waals surface area contributed by atoms with E-state index in [1.54, 1.807) is 0 Å². The van der Waals surface area contributed by atoms with Crippen molar-refractivity contribution in [3.05, 3.63) is 28.0 Å². The van der Waals surface area contributed by atoms with Gasteiger partial charge in [-0.05, 0) is 12.1 Å². The normalized spacial score (nSPS) is 11.4. The molecule has 94 valence electrons. The van der Waals surface area contributed by atoms with Crippen LogP contribution >= 0.6 is 23.2 Å². The number of nitrogens with one attached hydrogen (secondary N) is 1. The van der Waals surface area contributed by atoms with Crippen molar-refractivity contribution in [3.63, 3.8) is 0 Å². The second-order valence-electron chi connectivity index (χ2n) is 4.48. The van der Waals surface area contributed by atoms with Gasteiger partial charge in [0.2, 0.25) is 0 Å². The minimum absolute atomic E-state index is 0.0140. The van der Waals surface area contributed by atoms with Crippen LogP contribution in [-0.2, 0) is 0 Å². The molecule has 0 atom stereocenters. The molecule has 1 heterocycles. The Balaban J connectivity index is 2.71. The number of rotatable bonds is 4. The Hall–Kier alpha value is -0.840.